The van der Waals surface area contributed by atoms with Crippen molar-refractivity contribution >= 4 is 24.6 Å². The summed E-state index contributed by atoms with van der Waals surface area (Å²) in [5.41, 5.74) is -0.951. The molecule has 0 bridgehead atoms. The molecule has 3 aromatic rings. The van der Waals surface area contributed by atoms with Gasteiger partial charge in [0.1, 0.15) is 24.4 Å². The Morgan fingerprint density at radius 1 is 1.10 bits per heavy atom. The summed E-state index contributed by atoms with van der Waals surface area (Å²) < 4.78 is 20.4. The van der Waals surface area contributed by atoms with E-state index >= 15 is 0 Å². The summed E-state index contributed by atoms with van der Waals surface area (Å²) in [6.07, 6.45) is -3.94. The molecule has 0 radical (unpaired) electrons. The number of aryl methyl sites for hydroxylation is 1. The number of H-pyrrole nitrogens is 1. The van der Waals surface area contributed by atoms with Gasteiger partial charge in [-0.2, -0.15) is 0 Å². The highest BCUT2D eigenvalue weighted by Gasteiger charge is 2.53. The zero-order valence-electron chi connectivity index (χ0n) is 24.3. The smallest absolute Gasteiger partial charge is 0.330 e. The molecule has 1 amide bonds. The van der Waals surface area contributed by atoms with Crippen LogP contribution < -0.4 is 26.9 Å². The number of nitrogens with one attached hydrogen (secondary N) is 2. The number of aromatic amines is 1. The number of hydrogen-bond donors (Lipinski definition) is 3. The van der Waals surface area contributed by atoms with Crippen molar-refractivity contribution in [2.75, 3.05) is 13.7 Å². The topological polar surface area (TPSA) is 132 Å². The first kappa shape index (κ1) is 30.6. The molecule has 3 N–H and O–H groups in total. The third-order valence-corrected chi connectivity index (χ3v) is 12.6. The summed E-state index contributed by atoms with van der Waals surface area (Å²) in [5.74, 6) is -0.395. The van der Waals surface area contributed by atoms with Crippen molar-refractivity contribution < 1.29 is 23.8 Å². The number of aliphatic hydroxyl groups is 1. The third kappa shape index (κ3) is 6.00. The molecular formula is C30H39N3O7Si. The van der Waals surface area contributed by atoms with Crippen molar-refractivity contribution in [3.8, 4) is 0 Å². The van der Waals surface area contributed by atoms with Gasteiger partial charge in [0.15, 0.2) is 6.23 Å². The largest absolute Gasteiger partial charge is 0.405 e. The fourth-order valence-corrected chi connectivity index (χ4v) is 10.0. The molecule has 2 heterocycles. The molecule has 0 spiro atoms. The van der Waals surface area contributed by atoms with Crippen LogP contribution in [0.5, 0.6) is 0 Å². The molecule has 220 valence electrons. The summed E-state index contributed by atoms with van der Waals surface area (Å²) >= 11 is 0. The van der Waals surface area contributed by atoms with Crippen LogP contribution in [0.2, 0.25) is 5.04 Å². The molecule has 1 aliphatic rings. The fraction of sp³-hybridized carbons (Fsp3) is 0.433. The third-order valence-electron chi connectivity index (χ3n) is 7.59. The van der Waals surface area contributed by atoms with Crippen LogP contribution in [-0.2, 0) is 18.7 Å². The molecule has 11 heteroatoms. The highest BCUT2D eigenvalue weighted by molar-refractivity contribution is 6.99. The Morgan fingerprint density at radius 2 is 1.66 bits per heavy atom. The molecule has 5 atom stereocenters. The number of amides is 1. The van der Waals surface area contributed by atoms with E-state index in [1.165, 1.54) is 17.8 Å². The van der Waals surface area contributed by atoms with Gasteiger partial charge in [0.05, 0.1) is 6.61 Å². The van der Waals surface area contributed by atoms with E-state index in [-0.39, 0.29) is 17.2 Å². The minimum atomic E-state index is -2.96. The molecule has 10 nitrogen and oxygen atoms in total. The van der Waals surface area contributed by atoms with Crippen molar-refractivity contribution in [3.63, 3.8) is 0 Å². The van der Waals surface area contributed by atoms with E-state index in [2.05, 4.69) is 55.3 Å². The van der Waals surface area contributed by atoms with Crippen LogP contribution in [0.15, 0.2) is 76.4 Å². The second-order valence-electron chi connectivity index (χ2n) is 11.4. The number of likely N-dealkylation sites (N-methyl/N-ethyl adjacent to an activating group) is 1. The summed E-state index contributed by atoms with van der Waals surface area (Å²) in [5, 5.41) is 15.9. The molecule has 2 aromatic carbocycles. The standard InChI is InChI=1S/C30H39N3O7Si/c1-19-17-33(29(37)32-26(19)35)28-25(39-20(2)27(36)31-6)24(34)23(40-28)18-38-41(30(3,4)5,21-13-9-7-10-14-21)22-15-11-8-12-16-22/h7-17,20,23-25,28,34H,18H2,1-6H3,(H,31,36)(H,32,35,37)/t20?,23-,24?,25+,28-/m1/s1. The zero-order valence-corrected chi connectivity index (χ0v) is 25.3. The number of carbonyl (C=O) groups is 1. The number of aromatic nitrogens is 2. The van der Waals surface area contributed by atoms with Crippen LogP contribution >= 0.6 is 0 Å². The Morgan fingerprint density at radius 3 is 2.17 bits per heavy atom. The Kier molecular flexibility index (Phi) is 9.15. The predicted octanol–water partition coefficient (Wildman–Crippen LogP) is 1.20. The molecule has 0 aliphatic carbocycles. The molecule has 41 heavy (non-hydrogen) atoms. The number of nitrogens with zero attached hydrogens (tertiary/aromatic N) is 1. The van der Waals surface area contributed by atoms with Crippen molar-refractivity contribution in [2.45, 2.75) is 70.3 Å². The summed E-state index contributed by atoms with van der Waals surface area (Å²) in [4.78, 5) is 39.4. The summed E-state index contributed by atoms with van der Waals surface area (Å²) in [7, 11) is -1.48. The lowest BCUT2D eigenvalue weighted by molar-refractivity contribution is -0.144. The highest BCUT2D eigenvalue weighted by Crippen LogP contribution is 2.38. The molecule has 4 rings (SSSR count). The van der Waals surface area contributed by atoms with E-state index in [0.717, 1.165) is 10.4 Å². The lowest BCUT2D eigenvalue weighted by Crippen LogP contribution is -2.67. The van der Waals surface area contributed by atoms with Gasteiger partial charge in [-0.25, -0.2) is 4.79 Å². The van der Waals surface area contributed by atoms with Crippen molar-refractivity contribution in [1.82, 2.24) is 14.9 Å². The minimum absolute atomic E-state index is 0.00372. The highest BCUT2D eigenvalue weighted by atomic mass is 28.4. The van der Waals surface area contributed by atoms with Crippen LogP contribution in [0, 0.1) is 6.92 Å². The SMILES string of the molecule is CNC(=O)C(C)O[C@H]1C(O)[C@@H](CO[Si](c2ccccc2)(c2ccccc2)C(C)(C)C)O[C@H]1n1cc(C)c(=O)[nH]c1=O. The quantitative estimate of drug-likeness (QED) is 0.324. The number of benzene rings is 2. The normalized spacial score (nSPS) is 21.9. The molecular weight excluding hydrogens is 542 g/mol. The van der Waals surface area contributed by atoms with Gasteiger partial charge >= 0.3 is 5.69 Å². The van der Waals surface area contributed by atoms with E-state index in [1.807, 2.05) is 36.4 Å². The van der Waals surface area contributed by atoms with Crippen LogP contribution in [0.1, 0.15) is 39.5 Å². The lowest BCUT2D eigenvalue weighted by Gasteiger charge is -2.43. The number of hydrogen-bond acceptors (Lipinski definition) is 7. The summed E-state index contributed by atoms with van der Waals surface area (Å²) in [6, 6.07) is 20.1. The van der Waals surface area contributed by atoms with Gasteiger partial charge < -0.3 is 24.3 Å². The van der Waals surface area contributed by atoms with Crippen molar-refractivity contribution in [2.24, 2.45) is 0 Å². The average Bonchev–Trinajstić information content (AvgIpc) is 3.25. The molecule has 1 fully saturated rings. The maximum Gasteiger partial charge on any atom is 0.330 e. The van der Waals surface area contributed by atoms with Gasteiger partial charge in [0.25, 0.3) is 13.9 Å². The van der Waals surface area contributed by atoms with E-state index in [9.17, 15) is 19.5 Å². The van der Waals surface area contributed by atoms with Gasteiger partial charge in [0, 0.05) is 18.8 Å². The Balaban J connectivity index is 1.74. The van der Waals surface area contributed by atoms with Crippen molar-refractivity contribution in [3.05, 3.63) is 93.3 Å². The molecule has 0 saturated carbocycles. The second kappa shape index (κ2) is 12.3. The average molecular weight is 582 g/mol. The second-order valence-corrected chi connectivity index (χ2v) is 15.7. The van der Waals surface area contributed by atoms with Crippen LogP contribution in [-0.4, -0.2) is 67.0 Å². The molecule has 2 unspecified atom stereocenters. The molecule has 1 saturated heterocycles. The monoisotopic (exact) mass is 581 g/mol. The van der Waals surface area contributed by atoms with Gasteiger partial charge in [-0.15, -0.1) is 0 Å². The number of carbonyl (C=O) groups excluding carboxylic acids is 1. The first-order valence-electron chi connectivity index (χ1n) is 13.7. The van der Waals surface area contributed by atoms with E-state index < -0.39 is 56.1 Å². The summed E-state index contributed by atoms with van der Waals surface area (Å²) in [6.45, 7) is 9.55. The lowest BCUT2D eigenvalue weighted by atomic mass is 10.1. The Hall–Kier alpha value is -3.35. The van der Waals surface area contributed by atoms with Crippen LogP contribution in [0.25, 0.3) is 0 Å². The maximum absolute atomic E-state index is 12.8. The van der Waals surface area contributed by atoms with Gasteiger partial charge in [-0.1, -0.05) is 81.4 Å². The predicted molar refractivity (Wildman–Crippen MR) is 158 cm³/mol. The van der Waals surface area contributed by atoms with Crippen LogP contribution in [0.4, 0.5) is 0 Å². The van der Waals surface area contributed by atoms with Gasteiger partial charge in [0.2, 0.25) is 5.91 Å². The molecule has 1 aliphatic heterocycles. The first-order valence-corrected chi connectivity index (χ1v) is 15.6. The number of rotatable bonds is 9. The maximum atomic E-state index is 12.8. The van der Waals surface area contributed by atoms with E-state index in [4.69, 9.17) is 13.9 Å². The first-order chi connectivity index (χ1) is 19.4. The van der Waals surface area contributed by atoms with Crippen LogP contribution in [0.3, 0.4) is 0 Å². The van der Waals surface area contributed by atoms with Gasteiger partial charge in [-0.05, 0) is 29.3 Å². The number of aliphatic hydroxyl groups excluding tert-OH is 1. The fourth-order valence-electron chi connectivity index (χ4n) is 5.47. The number of ether oxygens (including phenoxy) is 2. The zero-order chi connectivity index (χ0) is 29.9. The molecule has 1 aromatic heterocycles. The minimum Gasteiger partial charge on any atom is -0.405 e. The van der Waals surface area contributed by atoms with E-state index in [1.54, 1.807) is 13.8 Å². The van der Waals surface area contributed by atoms with Gasteiger partial charge in [-0.3, -0.25) is 19.1 Å². The Labute approximate surface area is 240 Å². The van der Waals surface area contributed by atoms with Crippen molar-refractivity contribution in [1.29, 1.82) is 0 Å². The van der Waals surface area contributed by atoms with E-state index in [0.29, 0.717) is 0 Å². The Bertz CT molecular complexity index is 1410.